The molecule has 0 heterocycles. The fourth-order valence-electron chi connectivity index (χ4n) is 5.06. The Labute approximate surface area is 200 Å². The second kappa shape index (κ2) is 26.3. The van der Waals surface area contributed by atoms with E-state index in [-0.39, 0.29) is 0 Å². The van der Waals surface area contributed by atoms with Crippen LogP contribution in [0.2, 0.25) is 0 Å². The van der Waals surface area contributed by atoms with Gasteiger partial charge in [-0.15, -0.1) is 0 Å². The van der Waals surface area contributed by atoms with Crippen LogP contribution >= 0.6 is 0 Å². The topological polar surface area (TPSA) is 0 Å². The summed E-state index contributed by atoms with van der Waals surface area (Å²) >= 11 is 0. The summed E-state index contributed by atoms with van der Waals surface area (Å²) in [5.74, 6) is 1.91. The van der Waals surface area contributed by atoms with Crippen molar-refractivity contribution in [2.24, 2.45) is 11.8 Å². The lowest BCUT2D eigenvalue weighted by Gasteiger charge is -2.14. The molecule has 0 aromatic heterocycles. The maximum atomic E-state index is 2.50. The maximum Gasteiger partial charge on any atom is -0.0443 e. The summed E-state index contributed by atoms with van der Waals surface area (Å²) in [6.07, 6.45) is 36.6. The van der Waals surface area contributed by atoms with Gasteiger partial charge in [0.15, 0.2) is 0 Å². The van der Waals surface area contributed by atoms with Gasteiger partial charge in [0.25, 0.3) is 0 Å². The van der Waals surface area contributed by atoms with Gasteiger partial charge in [0, 0.05) is 0 Å². The molecule has 0 radical (unpaired) electrons. The first-order valence-electron chi connectivity index (χ1n) is 15.2. The molecule has 0 saturated heterocycles. The molecule has 0 saturated carbocycles. The molecular weight excluding hydrogens is 372 g/mol. The summed E-state index contributed by atoms with van der Waals surface area (Å²) in [6, 6.07) is 0. The minimum Gasteiger partial charge on any atom is -0.0654 e. The third kappa shape index (κ3) is 26.1. The van der Waals surface area contributed by atoms with Crippen molar-refractivity contribution in [3.05, 3.63) is 0 Å². The van der Waals surface area contributed by atoms with Crippen LogP contribution in [0.5, 0.6) is 0 Å². The normalized spacial score (nSPS) is 13.5. The Morgan fingerprint density at radius 2 is 0.516 bits per heavy atom. The van der Waals surface area contributed by atoms with E-state index >= 15 is 0 Å². The van der Waals surface area contributed by atoms with Crippen molar-refractivity contribution in [2.75, 3.05) is 0 Å². The fourth-order valence-corrected chi connectivity index (χ4v) is 5.06. The first-order chi connectivity index (χ1) is 15.2. The van der Waals surface area contributed by atoms with Crippen molar-refractivity contribution in [3.63, 3.8) is 0 Å². The van der Waals surface area contributed by atoms with Crippen molar-refractivity contribution in [2.45, 2.75) is 188 Å². The standard InChI is InChI=1S/C31H64/c1-5-7-9-11-13-15-17-19-21-23-26-30(3)28-25-29-31(4)27-24-22-20-18-16-14-12-10-8-6-2/h30-31H,5-29H2,1-4H3/t30-,31+. The summed E-state index contributed by atoms with van der Waals surface area (Å²) in [4.78, 5) is 0. The van der Waals surface area contributed by atoms with Gasteiger partial charge in [-0.3, -0.25) is 0 Å². The van der Waals surface area contributed by atoms with E-state index in [0.29, 0.717) is 0 Å². The highest BCUT2D eigenvalue weighted by molar-refractivity contribution is 4.59. The lowest BCUT2D eigenvalue weighted by molar-refractivity contribution is 0.390. The van der Waals surface area contributed by atoms with Crippen molar-refractivity contribution in [3.8, 4) is 0 Å². The van der Waals surface area contributed by atoms with E-state index in [4.69, 9.17) is 0 Å². The third-order valence-corrected chi connectivity index (χ3v) is 7.49. The van der Waals surface area contributed by atoms with Crippen molar-refractivity contribution in [1.29, 1.82) is 0 Å². The Morgan fingerprint density at radius 3 is 0.806 bits per heavy atom. The molecule has 0 nitrogen and oxygen atoms in total. The van der Waals surface area contributed by atoms with Crippen LogP contribution in [0.1, 0.15) is 188 Å². The van der Waals surface area contributed by atoms with Gasteiger partial charge < -0.3 is 0 Å². The Kier molecular flexibility index (Phi) is 26.3. The zero-order valence-electron chi connectivity index (χ0n) is 22.8. The first kappa shape index (κ1) is 31.0. The monoisotopic (exact) mass is 437 g/mol. The summed E-state index contributed by atoms with van der Waals surface area (Å²) in [6.45, 7) is 9.61. The van der Waals surface area contributed by atoms with Crippen molar-refractivity contribution < 1.29 is 0 Å². The van der Waals surface area contributed by atoms with Crippen LogP contribution in [0.4, 0.5) is 0 Å². The van der Waals surface area contributed by atoms with E-state index in [1.807, 2.05) is 0 Å². The molecule has 0 rings (SSSR count). The predicted molar refractivity (Wildman–Crippen MR) is 145 cm³/mol. The predicted octanol–water partition coefficient (Wildman–Crippen LogP) is 12.1. The van der Waals surface area contributed by atoms with Crippen LogP contribution in [-0.2, 0) is 0 Å². The molecule has 0 aromatic rings. The highest BCUT2D eigenvalue weighted by Gasteiger charge is 2.06. The molecule has 2 atom stereocenters. The maximum absolute atomic E-state index is 2.50. The molecule has 0 spiro atoms. The van der Waals surface area contributed by atoms with Gasteiger partial charge >= 0.3 is 0 Å². The van der Waals surface area contributed by atoms with Gasteiger partial charge in [0.2, 0.25) is 0 Å². The van der Waals surface area contributed by atoms with Crippen LogP contribution in [0.25, 0.3) is 0 Å². The van der Waals surface area contributed by atoms with E-state index in [0.717, 1.165) is 11.8 Å². The Morgan fingerprint density at radius 1 is 0.290 bits per heavy atom. The average Bonchev–Trinajstić information content (AvgIpc) is 2.76. The van der Waals surface area contributed by atoms with Crippen LogP contribution in [-0.4, -0.2) is 0 Å². The van der Waals surface area contributed by atoms with Crippen LogP contribution in [0.15, 0.2) is 0 Å². The van der Waals surface area contributed by atoms with Crippen molar-refractivity contribution >= 4 is 0 Å². The molecule has 188 valence electrons. The Hall–Kier alpha value is 0. The van der Waals surface area contributed by atoms with E-state index in [9.17, 15) is 0 Å². The number of rotatable bonds is 26. The van der Waals surface area contributed by atoms with Crippen molar-refractivity contribution in [1.82, 2.24) is 0 Å². The molecule has 0 aliphatic rings. The Balaban J connectivity index is 3.28. The van der Waals surface area contributed by atoms with E-state index in [1.54, 1.807) is 0 Å². The highest BCUT2D eigenvalue weighted by Crippen LogP contribution is 2.22. The SMILES string of the molecule is CCCCCCCCCCCC[C@@H](C)CCC[C@@H](C)CCCCCCCCCCCC. The summed E-state index contributed by atoms with van der Waals surface area (Å²) in [5.41, 5.74) is 0. The molecule has 0 aliphatic heterocycles. The molecule has 0 unspecified atom stereocenters. The molecule has 0 heteroatoms. The minimum atomic E-state index is 0.957. The van der Waals surface area contributed by atoms with Crippen LogP contribution in [0, 0.1) is 11.8 Å². The summed E-state index contributed by atoms with van der Waals surface area (Å²) < 4.78 is 0. The lowest BCUT2D eigenvalue weighted by atomic mass is 9.92. The highest BCUT2D eigenvalue weighted by atomic mass is 14.1. The summed E-state index contributed by atoms with van der Waals surface area (Å²) in [5, 5.41) is 0. The van der Waals surface area contributed by atoms with Crippen LogP contribution < -0.4 is 0 Å². The first-order valence-corrected chi connectivity index (χ1v) is 15.2. The van der Waals surface area contributed by atoms with E-state index in [1.165, 1.54) is 161 Å². The quantitative estimate of drug-likeness (QED) is 0.118. The minimum absolute atomic E-state index is 0.957. The smallest absolute Gasteiger partial charge is 0.0443 e. The molecule has 0 N–H and O–H groups in total. The lowest BCUT2D eigenvalue weighted by Crippen LogP contribution is -1.99. The largest absolute Gasteiger partial charge is 0.0654 e. The Bertz CT molecular complexity index is 277. The van der Waals surface area contributed by atoms with Crippen LogP contribution in [0.3, 0.4) is 0 Å². The molecule has 0 aromatic carbocycles. The van der Waals surface area contributed by atoms with E-state index in [2.05, 4.69) is 27.7 Å². The molecular formula is C31H64. The second-order valence-corrected chi connectivity index (χ2v) is 11.1. The number of hydrogen-bond acceptors (Lipinski definition) is 0. The zero-order chi connectivity index (χ0) is 22.8. The zero-order valence-corrected chi connectivity index (χ0v) is 22.8. The van der Waals surface area contributed by atoms with Gasteiger partial charge in [0.1, 0.15) is 0 Å². The fraction of sp³-hybridized carbons (Fsp3) is 1.00. The van der Waals surface area contributed by atoms with Gasteiger partial charge in [0.05, 0.1) is 0 Å². The van der Waals surface area contributed by atoms with Gasteiger partial charge in [-0.05, 0) is 11.8 Å². The van der Waals surface area contributed by atoms with Gasteiger partial charge in [-0.25, -0.2) is 0 Å². The second-order valence-electron chi connectivity index (χ2n) is 11.1. The van der Waals surface area contributed by atoms with Gasteiger partial charge in [-0.2, -0.15) is 0 Å². The molecule has 0 fully saturated rings. The molecule has 0 aliphatic carbocycles. The average molecular weight is 437 g/mol. The molecule has 31 heavy (non-hydrogen) atoms. The molecule has 0 amide bonds. The number of hydrogen-bond donors (Lipinski definition) is 0. The van der Waals surface area contributed by atoms with E-state index < -0.39 is 0 Å². The molecule has 0 bridgehead atoms. The number of unbranched alkanes of at least 4 members (excludes halogenated alkanes) is 18. The third-order valence-electron chi connectivity index (χ3n) is 7.49. The van der Waals surface area contributed by atoms with Gasteiger partial charge in [-0.1, -0.05) is 188 Å². The summed E-state index contributed by atoms with van der Waals surface area (Å²) in [7, 11) is 0.